The number of amides is 1. The molecule has 0 radical (unpaired) electrons. The van der Waals surface area contributed by atoms with Gasteiger partial charge in [0.1, 0.15) is 0 Å². The summed E-state index contributed by atoms with van der Waals surface area (Å²) < 4.78 is 41.4. The van der Waals surface area contributed by atoms with E-state index in [9.17, 15) is 18.0 Å². The molecule has 32 heavy (non-hydrogen) atoms. The fraction of sp³-hybridized carbons (Fsp3) is 0.300. The lowest BCUT2D eigenvalue weighted by atomic mass is 10.1. The molecule has 4 aromatic rings. The highest BCUT2D eigenvalue weighted by molar-refractivity contribution is 5.76. The first-order valence-corrected chi connectivity index (χ1v) is 9.74. The van der Waals surface area contributed by atoms with Crippen LogP contribution >= 0.6 is 0 Å². The molecule has 0 fully saturated rings. The van der Waals surface area contributed by atoms with Gasteiger partial charge in [0.25, 0.3) is 11.6 Å². The maximum Gasteiger partial charge on any atom is 0.453 e. The zero-order chi connectivity index (χ0) is 22.9. The SMILES string of the molecule is Cc1nc2nc(C(F)(F)F)nn2c(C)c1CCC(=O)NCc1ccnc(-n2cccn2)c1. The van der Waals surface area contributed by atoms with Crippen LogP contribution in [0.5, 0.6) is 0 Å². The second kappa shape index (κ2) is 8.36. The van der Waals surface area contributed by atoms with E-state index in [4.69, 9.17) is 0 Å². The molecule has 0 saturated heterocycles. The van der Waals surface area contributed by atoms with Crippen molar-refractivity contribution in [2.75, 3.05) is 0 Å². The molecule has 0 aliphatic heterocycles. The number of nitrogens with zero attached hydrogens (tertiary/aromatic N) is 7. The lowest BCUT2D eigenvalue weighted by molar-refractivity contribution is -0.144. The van der Waals surface area contributed by atoms with Gasteiger partial charge in [0.15, 0.2) is 5.82 Å². The van der Waals surface area contributed by atoms with Crippen LogP contribution in [0.4, 0.5) is 13.2 Å². The zero-order valence-electron chi connectivity index (χ0n) is 17.3. The summed E-state index contributed by atoms with van der Waals surface area (Å²) in [5.74, 6) is -0.922. The molecule has 4 aromatic heterocycles. The second-order valence-electron chi connectivity index (χ2n) is 7.16. The van der Waals surface area contributed by atoms with Crippen molar-refractivity contribution in [2.24, 2.45) is 0 Å². The first-order valence-electron chi connectivity index (χ1n) is 9.74. The molecule has 0 atom stereocenters. The van der Waals surface area contributed by atoms with Crippen molar-refractivity contribution < 1.29 is 18.0 Å². The van der Waals surface area contributed by atoms with Crippen molar-refractivity contribution >= 4 is 11.7 Å². The number of nitrogens with one attached hydrogen (secondary N) is 1. The van der Waals surface area contributed by atoms with Gasteiger partial charge in [-0.05, 0) is 49.6 Å². The van der Waals surface area contributed by atoms with Gasteiger partial charge in [-0.3, -0.25) is 4.79 Å². The molecular weight excluding hydrogens is 425 g/mol. The Morgan fingerprint density at radius 1 is 1.19 bits per heavy atom. The summed E-state index contributed by atoms with van der Waals surface area (Å²) in [5.41, 5.74) is 2.51. The first kappa shape index (κ1) is 21.4. The molecule has 166 valence electrons. The maximum atomic E-state index is 12.9. The molecule has 4 rings (SSSR count). The molecule has 1 N–H and O–H groups in total. The highest BCUT2D eigenvalue weighted by Crippen LogP contribution is 2.27. The summed E-state index contributed by atoms with van der Waals surface area (Å²) in [6.07, 6.45) is 0.857. The van der Waals surface area contributed by atoms with Crippen LogP contribution in [0.3, 0.4) is 0 Å². The van der Waals surface area contributed by atoms with E-state index in [1.54, 1.807) is 49.3 Å². The quantitative estimate of drug-likeness (QED) is 0.490. The van der Waals surface area contributed by atoms with Gasteiger partial charge in [-0.1, -0.05) is 0 Å². The standard InChI is InChI=1S/C20H19F3N8O/c1-12-15(13(2)31-19(27-12)28-18(29-31)20(21,22)23)4-5-17(32)25-11-14-6-8-24-16(10-14)30-9-3-7-26-30/h3,6-10H,4-5,11H2,1-2H3,(H,25,32). The summed E-state index contributed by atoms with van der Waals surface area (Å²) >= 11 is 0. The molecular formula is C20H19F3N8O. The molecule has 0 spiro atoms. The van der Waals surface area contributed by atoms with Crippen LogP contribution in [0.15, 0.2) is 36.8 Å². The fourth-order valence-corrected chi connectivity index (χ4v) is 3.32. The number of halogens is 3. The second-order valence-corrected chi connectivity index (χ2v) is 7.16. The van der Waals surface area contributed by atoms with Gasteiger partial charge in [0.2, 0.25) is 5.91 Å². The number of pyridine rings is 1. The summed E-state index contributed by atoms with van der Waals surface area (Å²) in [6, 6.07) is 5.40. The Labute approximate surface area is 180 Å². The van der Waals surface area contributed by atoms with E-state index in [-0.39, 0.29) is 18.1 Å². The van der Waals surface area contributed by atoms with Crippen LogP contribution in [0.2, 0.25) is 0 Å². The van der Waals surface area contributed by atoms with Crippen molar-refractivity contribution in [2.45, 2.75) is 39.4 Å². The van der Waals surface area contributed by atoms with Crippen LogP contribution in [-0.2, 0) is 23.9 Å². The van der Waals surface area contributed by atoms with Crippen molar-refractivity contribution in [1.82, 2.24) is 39.7 Å². The third-order valence-corrected chi connectivity index (χ3v) is 4.94. The summed E-state index contributed by atoms with van der Waals surface area (Å²) in [7, 11) is 0. The molecule has 9 nitrogen and oxygen atoms in total. The number of aromatic nitrogens is 7. The number of carbonyl (C=O) groups is 1. The number of fused-ring (bicyclic) bond motifs is 1. The van der Waals surface area contributed by atoms with E-state index in [0.717, 1.165) is 10.1 Å². The molecule has 0 bridgehead atoms. The van der Waals surface area contributed by atoms with E-state index in [0.29, 0.717) is 35.7 Å². The molecule has 0 aliphatic rings. The Morgan fingerprint density at radius 2 is 2.00 bits per heavy atom. The summed E-state index contributed by atoms with van der Waals surface area (Å²) in [5, 5.41) is 10.5. The van der Waals surface area contributed by atoms with Gasteiger partial charge in [-0.2, -0.15) is 23.3 Å². The van der Waals surface area contributed by atoms with Crippen molar-refractivity contribution in [3.8, 4) is 5.82 Å². The number of hydrogen-bond donors (Lipinski definition) is 1. The van der Waals surface area contributed by atoms with Gasteiger partial charge in [0.05, 0.1) is 0 Å². The lowest BCUT2D eigenvalue weighted by Crippen LogP contribution is -2.23. The molecule has 0 saturated carbocycles. The molecule has 12 heteroatoms. The minimum absolute atomic E-state index is 0.119. The Kier molecular flexibility index (Phi) is 5.59. The Bertz CT molecular complexity index is 1260. The van der Waals surface area contributed by atoms with Crippen molar-refractivity contribution in [3.63, 3.8) is 0 Å². The number of rotatable bonds is 6. The molecule has 0 aliphatic carbocycles. The Balaban J connectivity index is 1.41. The smallest absolute Gasteiger partial charge is 0.352 e. The van der Waals surface area contributed by atoms with Crippen LogP contribution in [-0.4, -0.2) is 40.3 Å². The minimum Gasteiger partial charge on any atom is -0.352 e. The van der Waals surface area contributed by atoms with Crippen molar-refractivity contribution in [3.05, 3.63) is 65.1 Å². The van der Waals surface area contributed by atoms with Crippen molar-refractivity contribution in [1.29, 1.82) is 0 Å². The number of hydrogen-bond acceptors (Lipinski definition) is 6. The van der Waals surface area contributed by atoms with Crippen LogP contribution in [0, 0.1) is 13.8 Å². The van der Waals surface area contributed by atoms with Crippen LogP contribution in [0.25, 0.3) is 11.6 Å². The largest absolute Gasteiger partial charge is 0.453 e. The lowest BCUT2D eigenvalue weighted by Gasteiger charge is -2.11. The number of aryl methyl sites for hydroxylation is 2. The number of alkyl halides is 3. The predicted molar refractivity (Wildman–Crippen MR) is 107 cm³/mol. The van der Waals surface area contributed by atoms with Crippen LogP contribution in [0.1, 0.15) is 34.8 Å². The van der Waals surface area contributed by atoms with Gasteiger partial charge in [0, 0.05) is 42.9 Å². The molecule has 0 unspecified atom stereocenters. The monoisotopic (exact) mass is 444 g/mol. The van der Waals surface area contributed by atoms with E-state index >= 15 is 0 Å². The normalized spacial score (nSPS) is 11.8. The Hall–Kier alpha value is -3.83. The maximum absolute atomic E-state index is 12.9. The number of carbonyl (C=O) groups excluding carboxylic acids is 1. The van der Waals surface area contributed by atoms with E-state index < -0.39 is 12.0 Å². The average Bonchev–Trinajstić information content (AvgIpc) is 3.42. The molecule has 0 aromatic carbocycles. The topological polar surface area (TPSA) is 103 Å². The summed E-state index contributed by atoms with van der Waals surface area (Å²) in [4.78, 5) is 24.2. The molecule has 4 heterocycles. The molecule has 1 amide bonds. The third kappa shape index (κ3) is 4.43. The average molecular weight is 444 g/mol. The minimum atomic E-state index is -4.65. The van der Waals surface area contributed by atoms with Gasteiger partial charge < -0.3 is 5.32 Å². The first-order chi connectivity index (χ1) is 15.2. The van der Waals surface area contributed by atoms with Gasteiger partial charge >= 0.3 is 6.18 Å². The fourth-order valence-electron chi connectivity index (χ4n) is 3.32. The van der Waals surface area contributed by atoms with E-state index in [1.807, 2.05) is 6.07 Å². The predicted octanol–water partition coefficient (Wildman–Crippen LogP) is 2.59. The van der Waals surface area contributed by atoms with Crippen LogP contribution < -0.4 is 5.32 Å². The highest BCUT2D eigenvalue weighted by atomic mass is 19.4. The van der Waals surface area contributed by atoms with E-state index in [1.165, 1.54) is 0 Å². The third-order valence-electron chi connectivity index (χ3n) is 4.94. The van der Waals surface area contributed by atoms with E-state index in [2.05, 4.69) is 30.5 Å². The van der Waals surface area contributed by atoms with Gasteiger partial charge in [-0.25, -0.2) is 19.2 Å². The summed E-state index contributed by atoms with van der Waals surface area (Å²) in [6.45, 7) is 3.62. The Morgan fingerprint density at radius 3 is 2.72 bits per heavy atom. The zero-order valence-corrected chi connectivity index (χ0v) is 17.3. The highest BCUT2D eigenvalue weighted by Gasteiger charge is 2.36. The van der Waals surface area contributed by atoms with Gasteiger partial charge in [-0.15, -0.1) is 5.10 Å².